The Kier molecular flexibility index (Phi) is 7.49. The molecule has 0 heterocycles. The molecule has 6 heteroatoms. The molecular formula is C24H38O6. The Hall–Kier alpha value is -1.66. The Morgan fingerprint density at radius 2 is 2.03 bits per heavy atom. The maximum Gasteiger partial charge on any atom is 0.308 e. The summed E-state index contributed by atoms with van der Waals surface area (Å²) in [5.41, 5.74) is 1.07. The van der Waals surface area contributed by atoms with Gasteiger partial charge in [0.25, 0.3) is 0 Å². The lowest BCUT2D eigenvalue weighted by atomic mass is 9.65. The Bertz CT molecular complexity index is 747. The molecule has 0 aromatic carbocycles. The van der Waals surface area contributed by atoms with E-state index in [2.05, 4.69) is 25.2 Å². The Balaban J connectivity index is 2.15. The van der Waals surface area contributed by atoms with Crippen LogP contribution in [0.5, 0.6) is 0 Å². The molecule has 0 amide bonds. The Morgan fingerprint density at radius 3 is 2.67 bits per heavy atom. The van der Waals surface area contributed by atoms with Crippen molar-refractivity contribution in [3.05, 3.63) is 23.8 Å². The average Bonchev–Trinajstić information content (AvgIpc) is 2.65. The minimum atomic E-state index is -2.41. The van der Waals surface area contributed by atoms with Crippen molar-refractivity contribution in [3.8, 4) is 0 Å². The summed E-state index contributed by atoms with van der Waals surface area (Å²) in [6, 6.07) is 0. The minimum Gasteiger partial charge on any atom is -0.481 e. The second kappa shape index (κ2) is 11.1. The van der Waals surface area contributed by atoms with Gasteiger partial charge in [-0.3, -0.25) is 9.59 Å². The van der Waals surface area contributed by atoms with Gasteiger partial charge in [-0.15, -0.1) is 0 Å². The fourth-order valence-corrected chi connectivity index (χ4v) is 4.72. The Morgan fingerprint density at radius 1 is 1.30 bits per heavy atom. The predicted molar refractivity (Wildman–Crippen MR) is 115 cm³/mol. The lowest BCUT2D eigenvalue weighted by Gasteiger charge is -2.43. The smallest absolute Gasteiger partial charge is 0.308 e. The number of hydrogen-bond donors (Lipinski definition) is 3. The first-order chi connectivity index (χ1) is 15.3. The standard InChI is InChI=1S/C24H38O6/c1-5-15(3)24(29)30-21-11-14(2)10-17-7-6-16(4)20(23(17)21)9-8-18(25)12-19(26)13-22(27)28/h6-7,10,14-16,18-21,23,25-26H,5,8-9,11-13H2,1-4H3,(H,27,28)/t14-,15-,16-,18+,19+,20-,21-,23-/m0/s1/i3+1D3. The molecule has 8 atom stereocenters. The number of aliphatic hydroxyl groups is 2. The zero-order valence-electron chi connectivity index (χ0n) is 21.2. The number of hydrogen-bond acceptors (Lipinski definition) is 5. The monoisotopic (exact) mass is 426 g/mol. The van der Waals surface area contributed by atoms with Crippen LogP contribution in [-0.2, 0) is 14.3 Å². The van der Waals surface area contributed by atoms with Gasteiger partial charge < -0.3 is 20.1 Å². The summed E-state index contributed by atoms with van der Waals surface area (Å²) in [7, 11) is 0. The van der Waals surface area contributed by atoms with Crippen molar-refractivity contribution in [3.63, 3.8) is 0 Å². The fraction of sp³-hybridized carbons (Fsp3) is 0.750. The van der Waals surface area contributed by atoms with Crippen molar-refractivity contribution < 1.29 is 33.8 Å². The summed E-state index contributed by atoms with van der Waals surface area (Å²) in [5, 5.41) is 29.0. The summed E-state index contributed by atoms with van der Waals surface area (Å²) in [6.45, 7) is 3.36. The third-order valence-electron chi connectivity index (χ3n) is 6.34. The number of carbonyl (C=O) groups excluding carboxylic acids is 1. The molecule has 170 valence electrons. The van der Waals surface area contributed by atoms with Crippen LogP contribution in [0.2, 0.25) is 0 Å². The zero-order valence-corrected chi connectivity index (χ0v) is 18.2. The highest BCUT2D eigenvalue weighted by Gasteiger charge is 2.41. The van der Waals surface area contributed by atoms with Gasteiger partial charge in [-0.25, -0.2) is 0 Å². The van der Waals surface area contributed by atoms with Gasteiger partial charge in [0.2, 0.25) is 0 Å². The molecule has 2 rings (SSSR count). The molecule has 30 heavy (non-hydrogen) atoms. The molecule has 2 aliphatic rings. The first kappa shape index (κ1) is 20.3. The van der Waals surface area contributed by atoms with Gasteiger partial charge in [0.05, 0.1) is 24.5 Å². The molecule has 6 nitrogen and oxygen atoms in total. The third-order valence-corrected chi connectivity index (χ3v) is 6.34. The predicted octanol–water partition coefficient (Wildman–Crippen LogP) is 3.72. The van der Waals surface area contributed by atoms with E-state index in [0.29, 0.717) is 19.3 Å². The van der Waals surface area contributed by atoms with Gasteiger partial charge in [0.1, 0.15) is 6.10 Å². The molecular weight excluding hydrogens is 385 g/mol. The second-order valence-electron chi connectivity index (χ2n) is 8.94. The fourth-order valence-electron chi connectivity index (χ4n) is 4.72. The normalized spacial score (nSPS) is 33.2. The van der Waals surface area contributed by atoms with Gasteiger partial charge in [-0.1, -0.05) is 45.9 Å². The van der Waals surface area contributed by atoms with Gasteiger partial charge in [0, 0.05) is 10.0 Å². The van der Waals surface area contributed by atoms with Crippen LogP contribution in [0.25, 0.3) is 0 Å². The molecule has 0 aliphatic heterocycles. The molecule has 0 aromatic heterocycles. The van der Waals surface area contributed by atoms with Crippen molar-refractivity contribution in [1.82, 2.24) is 0 Å². The van der Waals surface area contributed by atoms with E-state index in [1.54, 1.807) is 6.92 Å². The lowest BCUT2D eigenvalue weighted by molar-refractivity contribution is -0.158. The summed E-state index contributed by atoms with van der Waals surface area (Å²) in [5.74, 6) is -2.66. The molecule has 0 spiro atoms. The molecule has 2 aliphatic carbocycles. The van der Waals surface area contributed by atoms with Crippen molar-refractivity contribution in [1.29, 1.82) is 0 Å². The van der Waals surface area contributed by atoms with E-state index >= 15 is 0 Å². The van der Waals surface area contributed by atoms with E-state index in [9.17, 15) is 19.8 Å². The quantitative estimate of drug-likeness (QED) is 0.363. The summed E-state index contributed by atoms with van der Waals surface area (Å²) < 4.78 is 28.9. The maximum absolute atomic E-state index is 12.8. The number of ether oxygens (including phenoxy) is 1. The van der Waals surface area contributed by atoms with E-state index in [4.69, 9.17) is 14.0 Å². The van der Waals surface area contributed by atoms with E-state index in [0.717, 1.165) is 5.57 Å². The van der Waals surface area contributed by atoms with Crippen LogP contribution in [0, 0.1) is 29.6 Å². The van der Waals surface area contributed by atoms with E-state index in [1.165, 1.54) is 0 Å². The first-order valence-electron chi connectivity index (χ1n) is 12.5. The topological polar surface area (TPSA) is 104 Å². The van der Waals surface area contributed by atoms with Crippen molar-refractivity contribution in [2.45, 2.75) is 84.5 Å². The highest BCUT2D eigenvalue weighted by atomic mass is 16.5. The number of aliphatic carboxylic acids is 1. The second-order valence-corrected chi connectivity index (χ2v) is 8.94. The lowest BCUT2D eigenvalue weighted by Crippen LogP contribution is -2.41. The largest absolute Gasteiger partial charge is 0.481 e. The van der Waals surface area contributed by atoms with Crippen LogP contribution in [-0.4, -0.2) is 45.6 Å². The molecule has 0 saturated heterocycles. The number of allylic oxidation sites excluding steroid dienone is 3. The highest BCUT2D eigenvalue weighted by Crippen LogP contribution is 2.45. The number of esters is 1. The number of carbonyl (C=O) groups is 2. The number of aliphatic hydroxyl groups excluding tert-OH is 2. The first-order valence-corrected chi connectivity index (χ1v) is 11.0. The number of carboxylic acids is 1. The molecule has 0 saturated carbocycles. The van der Waals surface area contributed by atoms with Crippen LogP contribution in [0.4, 0.5) is 0 Å². The van der Waals surface area contributed by atoms with Crippen LogP contribution < -0.4 is 0 Å². The van der Waals surface area contributed by atoms with E-state index in [-0.39, 0.29) is 36.5 Å². The van der Waals surface area contributed by atoms with E-state index < -0.39 is 49.4 Å². The summed E-state index contributed by atoms with van der Waals surface area (Å²) in [6.07, 6.45) is 5.28. The SMILES string of the molecule is [2H][13C]([2H])([2H])[C@@H](CC)C(=O)O[C@H]1C[C@@H](C)C=C2C=C[C@H](C)[C@H](CC[C@@H](O)C[C@@H](O)CC(=O)O)[C@H]21. The number of fused-ring (bicyclic) bond motifs is 1. The zero-order chi connectivity index (χ0) is 24.9. The van der Waals surface area contributed by atoms with Crippen molar-refractivity contribution in [2.24, 2.45) is 29.6 Å². The van der Waals surface area contributed by atoms with Gasteiger partial charge in [-0.05, 0) is 55.4 Å². The molecule has 0 unspecified atom stereocenters. The maximum atomic E-state index is 12.8. The third kappa shape index (κ3) is 6.67. The van der Waals surface area contributed by atoms with Crippen LogP contribution in [0.1, 0.15) is 70.3 Å². The van der Waals surface area contributed by atoms with Crippen LogP contribution in [0.15, 0.2) is 23.8 Å². The molecule has 0 aromatic rings. The summed E-state index contributed by atoms with van der Waals surface area (Å²) in [4.78, 5) is 23.5. The molecule has 0 bridgehead atoms. The van der Waals surface area contributed by atoms with Crippen LogP contribution >= 0.6 is 0 Å². The van der Waals surface area contributed by atoms with E-state index in [1.807, 2.05) is 6.92 Å². The molecule has 0 radical (unpaired) electrons. The van der Waals surface area contributed by atoms with Crippen molar-refractivity contribution in [2.75, 3.05) is 0 Å². The molecule has 0 fully saturated rings. The molecule has 3 N–H and O–H groups in total. The number of carboxylic acid groups (broad SMARTS) is 1. The minimum absolute atomic E-state index is 0.0111. The van der Waals surface area contributed by atoms with Crippen LogP contribution in [0.3, 0.4) is 0 Å². The average molecular weight is 427 g/mol. The summed E-state index contributed by atoms with van der Waals surface area (Å²) >= 11 is 0. The van der Waals surface area contributed by atoms with Gasteiger partial charge in [-0.2, -0.15) is 0 Å². The Labute approximate surface area is 184 Å². The highest BCUT2D eigenvalue weighted by molar-refractivity contribution is 5.72. The van der Waals surface area contributed by atoms with Gasteiger partial charge >= 0.3 is 11.9 Å². The van der Waals surface area contributed by atoms with Crippen molar-refractivity contribution >= 4 is 11.9 Å². The van der Waals surface area contributed by atoms with Gasteiger partial charge in [0.15, 0.2) is 0 Å². The number of rotatable bonds is 10.